The first-order chi connectivity index (χ1) is 12.1. The number of methoxy groups -OCH3 is 1. The van der Waals surface area contributed by atoms with Crippen LogP contribution in [0.1, 0.15) is 11.9 Å². The van der Waals surface area contributed by atoms with Gasteiger partial charge in [0.25, 0.3) is 0 Å². The molecule has 0 bridgehead atoms. The van der Waals surface area contributed by atoms with E-state index >= 15 is 0 Å². The molecule has 25 heavy (non-hydrogen) atoms. The Balaban J connectivity index is 1.70. The minimum atomic E-state index is 0.147. The second kappa shape index (κ2) is 6.42. The van der Waals surface area contributed by atoms with E-state index in [-0.39, 0.29) is 6.04 Å². The van der Waals surface area contributed by atoms with Crippen LogP contribution in [0.3, 0.4) is 0 Å². The fraction of sp³-hybridized carbons (Fsp3) is 0.278. The molecule has 3 heterocycles. The van der Waals surface area contributed by atoms with Crippen LogP contribution >= 0.6 is 11.3 Å². The minimum Gasteiger partial charge on any atom is -0.383 e. The highest BCUT2D eigenvalue weighted by molar-refractivity contribution is 7.18. The molecule has 128 valence electrons. The van der Waals surface area contributed by atoms with Crippen molar-refractivity contribution in [3.63, 3.8) is 0 Å². The van der Waals surface area contributed by atoms with E-state index < -0.39 is 0 Å². The van der Waals surface area contributed by atoms with Gasteiger partial charge >= 0.3 is 0 Å². The standard InChI is InChI=1S/C18H19N5OS/c1-10(9-24-3)21-18-20-8-14-13(7-19-17(14)23-18)12-4-5-15-16(6-12)25-11(2)22-15/h4-8,10H,9H2,1-3H3,(H2,19,20,21,23). The van der Waals surface area contributed by atoms with Crippen molar-refractivity contribution in [2.45, 2.75) is 19.9 Å². The molecule has 0 radical (unpaired) electrons. The van der Waals surface area contributed by atoms with E-state index in [4.69, 9.17) is 4.74 Å². The lowest BCUT2D eigenvalue weighted by atomic mass is 10.1. The summed E-state index contributed by atoms with van der Waals surface area (Å²) in [4.78, 5) is 16.8. The van der Waals surface area contributed by atoms with Crippen LogP contribution in [0.15, 0.2) is 30.6 Å². The van der Waals surface area contributed by atoms with Crippen LogP contribution in [0, 0.1) is 6.92 Å². The van der Waals surface area contributed by atoms with Crippen LogP contribution in [0.4, 0.5) is 5.95 Å². The largest absolute Gasteiger partial charge is 0.383 e. The highest BCUT2D eigenvalue weighted by atomic mass is 32.1. The molecule has 0 amide bonds. The quantitative estimate of drug-likeness (QED) is 0.567. The van der Waals surface area contributed by atoms with Gasteiger partial charge in [-0.3, -0.25) is 0 Å². The van der Waals surface area contributed by atoms with Crippen LogP contribution in [-0.4, -0.2) is 39.7 Å². The number of nitrogens with zero attached hydrogens (tertiary/aromatic N) is 3. The van der Waals surface area contributed by atoms with Gasteiger partial charge in [0.05, 0.1) is 21.8 Å². The van der Waals surface area contributed by atoms with Crippen molar-refractivity contribution >= 4 is 38.5 Å². The van der Waals surface area contributed by atoms with Crippen molar-refractivity contribution < 1.29 is 4.74 Å². The zero-order valence-corrected chi connectivity index (χ0v) is 15.1. The number of anilines is 1. The number of benzene rings is 1. The SMILES string of the molecule is COCC(C)Nc1ncc2c(-c3ccc4nc(C)sc4c3)c[nH]c2n1. The van der Waals surface area contributed by atoms with E-state index in [2.05, 4.69) is 43.5 Å². The van der Waals surface area contributed by atoms with E-state index in [1.165, 1.54) is 4.70 Å². The van der Waals surface area contributed by atoms with Crippen molar-refractivity contribution in [2.24, 2.45) is 0 Å². The first-order valence-electron chi connectivity index (χ1n) is 8.11. The maximum absolute atomic E-state index is 5.13. The lowest BCUT2D eigenvalue weighted by molar-refractivity contribution is 0.190. The molecule has 1 atom stereocenters. The predicted molar refractivity (Wildman–Crippen MR) is 102 cm³/mol. The topological polar surface area (TPSA) is 75.7 Å². The number of aromatic nitrogens is 4. The molecule has 4 rings (SSSR count). The molecule has 0 saturated carbocycles. The Morgan fingerprint density at radius 3 is 3.04 bits per heavy atom. The smallest absolute Gasteiger partial charge is 0.224 e. The van der Waals surface area contributed by atoms with Gasteiger partial charge in [0.1, 0.15) is 5.65 Å². The molecule has 1 aromatic carbocycles. The van der Waals surface area contributed by atoms with Gasteiger partial charge in [0, 0.05) is 36.5 Å². The Bertz CT molecular complexity index is 1040. The average Bonchev–Trinajstić information content (AvgIpc) is 3.16. The number of ether oxygens (including phenoxy) is 1. The van der Waals surface area contributed by atoms with E-state index in [0.717, 1.165) is 32.7 Å². The number of rotatable bonds is 5. The zero-order chi connectivity index (χ0) is 17.4. The summed E-state index contributed by atoms with van der Waals surface area (Å²) in [5, 5.41) is 5.32. The van der Waals surface area contributed by atoms with Gasteiger partial charge in [-0.05, 0) is 31.5 Å². The second-order valence-electron chi connectivity index (χ2n) is 6.07. The van der Waals surface area contributed by atoms with Crippen LogP contribution in [0.5, 0.6) is 0 Å². The summed E-state index contributed by atoms with van der Waals surface area (Å²) in [5.74, 6) is 0.596. The van der Waals surface area contributed by atoms with Crippen molar-refractivity contribution in [1.29, 1.82) is 0 Å². The number of aromatic amines is 1. The van der Waals surface area contributed by atoms with E-state index in [1.54, 1.807) is 18.4 Å². The molecule has 3 aromatic heterocycles. The highest BCUT2D eigenvalue weighted by Gasteiger charge is 2.11. The summed E-state index contributed by atoms with van der Waals surface area (Å²) in [5.41, 5.74) is 4.09. The van der Waals surface area contributed by atoms with Crippen LogP contribution in [0.25, 0.3) is 32.4 Å². The third-order valence-electron chi connectivity index (χ3n) is 4.03. The van der Waals surface area contributed by atoms with Crippen LogP contribution in [0.2, 0.25) is 0 Å². The molecule has 0 aliphatic rings. The number of nitrogens with one attached hydrogen (secondary N) is 2. The molecule has 0 aliphatic heterocycles. The summed E-state index contributed by atoms with van der Waals surface area (Å²) in [7, 11) is 1.68. The molecule has 6 nitrogen and oxygen atoms in total. The number of hydrogen-bond acceptors (Lipinski definition) is 6. The summed E-state index contributed by atoms with van der Waals surface area (Å²) >= 11 is 1.71. The maximum Gasteiger partial charge on any atom is 0.224 e. The predicted octanol–water partition coefficient (Wildman–Crippen LogP) is 3.99. The van der Waals surface area contributed by atoms with Crippen molar-refractivity contribution in [1.82, 2.24) is 19.9 Å². The Labute approximate surface area is 149 Å². The van der Waals surface area contributed by atoms with E-state index in [1.807, 2.05) is 26.2 Å². The number of hydrogen-bond donors (Lipinski definition) is 2. The zero-order valence-electron chi connectivity index (χ0n) is 14.3. The first-order valence-corrected chi connectivity index (χ1v) is 8.93. The molecule has 4 aromatic rings. The number of thiazole rings is 1. The van der Waals surface area contributed by atoms with Gasteiger partial charge in [0.15, 0.2) is 0 Å². The second-order valence-corrected chi connectivity index (χ2v) is 7.31. The first kappa shape index (κ1) is 16.0. The molecular formula is C18H19N5OS. The van der Waals surface area contributed by atoms with E-state index in [9.17, 15) is 0 Å². The van der Waals surface area contributed by atoms with Gasteiger partial charge in [-0.15, -0.1) is 11.3 Å². The molecule has 0 spiro atoms. The Morgan fingerprint density at radius 2 is 2.20 bits per heavy atom. The van der Waals surface area contributed by atoms with Crippen molar-refractivity contribution in [3.05, 3.63) is 35.6 Å². The summed E-state index contributed by atoms with van der Waals surface area (Å²) in [6.07, 6.45) is 3.84. The third-order valence-corrected chi connectivity index (χ3v) is 4.96. The van der Waals surface area contributed by atoms with E-state index in [0.29, 0.717) is 12.6 Å². The summed E-state index contributed by atoms with van der Waals surface area (Å²) in [6.45, 7) is 4.66. The van der Waals surface area contributed by atoms with Gasteiger partial charge < -0.3 is 15.0 Å². The molecule has 2 N–H and O–H groups in total. The third kappa shape index (κ3) is 3.08. The van der Waals surface area contributed by atoms with Crippen LogP contribution in [-0.2, 0) is 4.74 Å². The van der Waals surface area contributed by atoms with Crippen LogP contribution < -0.4 is 5.32 Å². The van der Waals surface area contributed by atoms with Crippen molar-refractivity contribution in [2.75, 3.05) is 19.0 Å². The normalized spacial score (nSPS) is 12.8. The monoisotopic (exact) mass is 353 g/mol. The van der Waals surface area contributed by atoms with Gasteiger partial charge in [-0.25, -0.2) is 9.97 Å². The van der Waals surface area contributed by atoms with Gasteiger partial charge in [-0.1, -0.05) is 6.07 Å². The van der Waals surface area contributed by atoms with Gasteiger partial charge in [0.2, 0.25) is 5.95 Å². The molecule has 7 heteroatoms. The fourth-order valence-electron chi connectivity index (χ4n) is 2.94. The van der Waals surface area contributed by atoms with Gasteiger partial charge in [-0.2, -0.15) is 4.98 Å². The summed E-state index contributed by atoms with van der Waals surface area (Å²) < 4.78 is 6.32. The number of aryl methyl sites for hydroxylation is 1. The Kier molecular flexibility index (Phi) is 4.10. The minimum absolute atomic E-state index is 0.147. The average molecular weight is 353 g/mol. The van der Waals surface area contributed by atoms with Crippen molar-refractivity contribution in [3.8, 4) is 11.1 Å². The molecule has 0 saturated heterocycles. The molecule has 1 unspecified atom stereocenters. The summed E-state index contributed by atoms with van der Waals surface area (Å²) in [6, 6.07) is 6.48. The Hall–Kier alpha value is -2.51. The molecular weight excluding hydrogens is 334 g/mol. The Morgan fingerprint density at radius 1 is 1.32 bits per heavy atom. The lowest BCUT2D eigenvalue weighted by Gasteiger charge is -2.12. The number of H-pyrrole nitrogens is 1. The lowest BCUT2D eigenvalue weighted by Crippen LogP contribution is -2.22. The molecule has 0 aliphatic carbocycles. The number of fused-ring (bicyclic) bond motifs is 2. The highest BCUT2D eigenvalue weighted by Crippen LogP contribution is 2.32. The molecule has 0 fully saturated rings. The fourth-order valence-corrected chi connectivity index (χ4v) is 3.80. The maximum atomic E-state index is 5.13.